The van der Waals surface area contributed by atoms with Crippen LogP contribution in [0.4, 0.5) is 4.39 Å². The van der Waals surface area contributed by atoms with Gasteiger partial charge in [-0.2, -0.15) is 5.10 Å². The summed E-state index contributed by atoms with van der Waals surface area (Å²) >= 11 is 0. The van der Waals surface area contributed by atoms with Crippen molar-refractivity contribution >= 4 is 18.0 Å². The number of benzene rings is 2. The van der Waals surface area contributed by atoms with E-state index in [4.69, 9.17) is 9.47 Å². The number of ether oxygens (including phenoxy) is 3. The molecule has 0 atom stereocenters. The summed E-state index contributed by atoms with van der Waals surface area (Å²) in [7, 11) is 2.74. The number of hydrogen-bond donors (Lipinski definition) is 0. The van der Waals surface area contributed by atoms with Gasteiger partial charge in [0, 0.05) is 6.08 Å². The number of nitrogens with zero attached hydrogens (tertiary/aromatic N) is 2. The minimum absolute atomic E-state index is 0.222. The van der Waals surface area contributed by atoms with Crippen LogP contribution >= 0.6 is 0 Å². The Kier molecular flexibility index (Phi) is 6.81. The smallest absolute Gasteiger partial charge is 0.347 e. The highest BCUT2D eigenvalue weighted by Gasteiger charge is 2.20. The SMILES string of the molecule is CCc1c(C(=O)Oc2ccc(/C=C/C(=O)OC)cc2OC)cnn1-c1ccc(F)cc1. The Morgan fingerprint density at radius 2 is 1.84 bits per heavy atom. The van der Waals surface area contributed by atoms with Gasteiger partial charge in [-0.1, -0.05) is 13.0 Å². The first-order valence-electron chi connectivity index (χ1n) is 9.46. The van der Waals surface area contributed by atoms with Crippen LogP contribution in [0.3, 0.4) is 0 Å². The maximum absolute atomic E-state index is 13.2. The van der Waals surface area contributed by atoms with Gasteiger partial charge in [-0.25, -0.2) is 18.7 Å². The van der Waals surface area contributed by atoms with Gasteiger partial charge in [0.05, 0.1) is 31.8 Å². The largest absolute Gasteiger partial charge is 0.493 e. The fraction of sp³-hybridized carbons (Fsp3) is 0.174. The maximum Gasteiger partial charge on any atom is 0.347 e. The fourth-order valence-corrected chi connectivity index (χ4v) is 2.95. The van der Waals surface area contributed by atoms with Crippen LogP contribution < -0.4 is 9.47 Å². The first kappa shape index (κ1) is 21.8. The van der Waals surface area contributed by atoms with Gasteiger partial charge < -0.3 is 14.2 Å². The molecule has 160 valence electrons. The van der Waals surface area contributed by atoms with Crippen LogP contribution in [-0.4, -0.2) is 35.9 Å². The van der Waals surface area contributed by atoms with Crippen molar-refractivity contribution in [3.63, 3.8) is 0 Å². The normalized spacial score (nSPS) is 10.8. The van der Waals surface area contributed by atoms with E-state index in [2.05, 4.69) is 9.84 Å². The molecule has 3 rings (SSSR count). The molecule has 2 aromatic carbocycles. The zero-order chi connectivity index (χ0) is 22.4. The molecule has 0 bridgehead atoms. The van der Waals surface area contributed by atoms with E-state index in [1.54, 1.807) is 41.1 Å². The van der Waals surface area contributed by atoms with Crippen LogP contribution in [-0.2, 0) is 16.0 Å². The first-order chi connectivity index (χ1) is 15.0. The number of carbonyl (C=O) groups excluding carboxylic acids is 2. The molecule has 0 spiro atoms. The Hall–Kier alpha value is -3.94. The van der Waals surface area contributed by atoms with Crippen LogP contribution in [0, 0.1) is 5.82 Å². The molecular formula is C23H21FN2O5. The lowest BCUT2D eigenvalue weighted by Gasteiger charge is -2.11. The molecular weight excluding hydrogens is 403 g/mol. The summed E-state index contributed by atoms with van der Waals surface area (Å²) in [4.78, 5) is 24.1. The van der Waals surface area contributed by atoms with Gasteiger partial charge >= 0.3 is 11.9 Å². The Bertz CT molecular complexity index is 1120. The average molecular weight is 424 g/mol. The lowest BCUT2D eigenvalue weighted by Crippen LogP contribution is -2.12. The van der Waals surface area contributed by atoms with E-state index in [1.807, 2.05) is 6.92 Å². The van der Waals surface area contributed by atoms with Gasteiger partial charge in [0.1, 0.15) is 11.4 Å². The molecule has 0 fully saturated rings. The predicted octanol–water partition coefficient (Wildman–Crippen LogP) is 3.99. The number of aromatic nitrogens is 2. The molecule has 31 heavy (non-hydrogen) atoms. The van der Waals surface area contributed by atoms with Crippen LogP contribution in [0.25, 0.3) is 11.8 Å². The maximum atomic E-state index is 13.2. The molecule has 7 nitrogen and oxygen atoms in total. The Morgan fingerprint density at radius 1 is 1.10 bits per heavy atom. The molecule has 0 radical (unpaired) electrons. The fourth-order valence-electron chi connectivity index (χ4n) is 2.95. The third-order valence-corrected chi connectivity index (χ3v) is 4.50. The van der Waals surface area contributed by atoms with E-state index in [0.717, 1.165) is 0 Å². The monoisotopic (exact) mass is 424 g/mol. The topological polar surface area (TPSA) is 79.7 Å². The summed E-state index contributed by atoms with van der Waals surface area (Å²) in [6, 6.07) is 10.7. The van der Waals surface area contributed by atoms with Crippen molar-refractivity contribution in [3.8, 4) is 17.2 Å². The van der Waals surface area contributed by atoms with Gasteiger partial charge in [-0.05, 0) is 54.5 Å². The molecule has 0 saturated heterocycles. The molecule has 0 aliphatic heterocycles. The Labute approximate surface area is 178 Å². The van der Waals surface area contributed by atoms with Gasteiger partial charge in [0.15, 0.2) is 11.5 Å². The lowest BCUT2D eigenvalue weighted by molar-refractivity contribution is -0.134. The average Bonchev–Trinajstić information content (AvgIpc) is 3.22. The molecule has 0 aliphatic carbocycles. The predicted molar refractivity (Wildman–Crippen MR) is 112 cm³/mol. The molecule has 1 heterocycles. The van der Waals surface area contributed by atoms with E-state index < -0.39 is 11.9 Å². The van der Waals surface area contributed by atoms with Crippen molar-refractivity contribution in [3.05, 3.63) is 77.4 Å². The van der Waals surface area contributed by atoms with E-state index in [-0.39, 0.29) is 11.6 Å². The number of esters is 2. The summed E-state index contributed by atoms with van der Waals surface area (Å²) in [6.07, 6.45) is 4.76. The van der Waals surface area contributed by atoms with Crippen LogP contribution in [0.1, 0.15) is 28.5 Å². The van der Waals surface area contributed by atoms with Crippen molar-refractivity contribution in [2.24, 2.45) is 0 Å². The van der Waals surface area contributed by atoms with Gasteiger partial charge in [0.2, 0.25) is 0 Å². The Balaban J connectivity index is 1.85. The number of methoxy groups -OCH3 is 2. The first-order valence-corrected chi connectivity index (χ1v) is 9.46. The molecule has 3 aromatic rings. The minimum atomic E-state index is -0.596. The number of halogens is 1. The third-order valence-electron chi connectivity index (χ3n) is 4.50. The number of hydrogen-bond acceptors (Lipinski definition) is 6. The highest BCUT2D eigenvalue weighted by Crippen LogP contribution is 2.30. The molecule has 0 N–H and O–H groups in total. The molecule has 1 aromatic heterocycles. The summed E-state index contributed by atoms with van der Waals surface area (Å²) in [5, 5.41) is 4.26. The highest BCUT2D eigenvalue weighted by atomic mass is 19.1. The van der Waals surface area contributed by atoms with Gasteiger partial charge in [-0.3, -0.25) is 0 Å². The second-order valence-corrected chi connectivity index (χ2v) is 6.40. The van der Waals surface area contributed by atoms with E-state index in [1.165, 1.54) is 38.6 Å². The lowest BCUT2D eigenvalue weighted by atomic mass is 10.1. The summed E-state index contributed by atoms with van der Waals surface area (Å²) in [5.41, 5.74) is 2.23. The van der Waals surface area contributed by atoms with Gasteiger partial charge in [-0.15, -0.1) is 0 Å². The Morgan fingerprint density at radius 3 is 2.48 bits per heavy atom. The second kappa shape index (κ2) is 9.71. The summed E-state index contributed by atoms with van der Waals surface area (Å²) in [5.74, 6) is -0.893. The summed E-state index contributed by atoms with van der Waals surface area (Å²) in [6.45, 7) is 1.89. The van der Waals surface area contributed by atoms with Crippen LogP contribution in [0.15, 0.2) is 54.7 Å². The molecule has 0 aliphatic rings. The van der Waals surface area contributed by atoms with E-state index in [0.29, 0.717) is 34.7 Å². The van der Waals surface area contributed by atoms with Crippen LogP contribution in [0.5, 0.6) is 11.5 Å². The van der Waals surface area contributed by atoms with Gasteiger partial charge in [0.25, 0.3) is 0 Å². The summed E-state index contributed by atoms with van der Waals surface area (Å²) < 4.78 is 30.2. The highest BCUT2D eigenvalue weighted by molar-refractivity contribution is 5.92. The quantitative estimate of drug-likeness (QED) is 0.324. The number of carbonyl (C=O) groups is 2. The minimum Gasteiger partial charge on any atom is -0.493 e. The van der Waals surface area contributed by atoms with E-state index >= 15 is 0 Å². The van der Waals surface area contributed by atoms with Crippen LogP contribution in [0.2, 0.25) is 0 Å². The third kappa shape index (κ3) is 4.98. The van der Waals surface area contributed by atoms with E-state index in [9.17, 15) is 14.0 Å². The zero-order valence-corrected chi connectivity index (χ0v) is 17.3. The van der Waals surface area contributed by atoms with Crippen molar-refractivity contribution in [1.82, 2.24) is 9.78 Å². The van der Waals surface area contributed by atoms with Crippen molar-refractivity contribution in [2.45, 2.75) is 13.3 Å². The van der Waals surface area contributed by atoms with Crippen molar-refractivity contribution in [2.75, 3.05) is 14.2 Å². The van der Waals surface area contributed by atoms with Crippen molar-refractivity contribution in [1.29, 1.82) is 0 Å². The molecule has 0 unspecified atom stereocenters. The standard InChI is InChI=1S/C23H21FN2O5/c1-4-19-18(14-25-26(19)17-9-7-16(24)8-10-17)23(28)31-20-11-5-15(13-21(20)29-2)6-12-22(27)30-3/h5-14H,4H2,1-3H3/b12-6+. The van der Waals surface area contributed by atoms with Crippen molar-refractivity contribution < 1.29 is 28.2 Å². The molecule has 0 amide bonds. The second-order valence-electron chi connectivity index (χ2n) is 6.40. The molecule has 8 heteroatoms. The molecule has 0 saturated carbocycles. The zero-order valence-electron chi connectivity index (χ0n) is 17.3. The number of rotatable bonds is 7.